The van der Waals surface area contributed by atoms with Crippen LogP contribution in [0.15, 0.2) is 77.4 Å². The minimum atomic E-state index is -0.490. The van der Waals surface area contributed by atoms with E-state index in [9.17, 15) is 4.79 Å². The summed E-state index contributed by atoms with van der Waals surface area (Å²) >= 11 is 0. The van der Waals surface area contributed by atoms with Gasteiger partial charge in [-0.2, -0.15) is 0 Å². The van der Waals surface area contributed by atoms with Gasteiger partial charge in [0.15, 0.2) is 0 Å². The number of rotatable bonds is 4. The van der Waals surface area contributed by atoms with Crippen molar-refractivity contribution in [2.24, 2.45) is 0 Å². The lowest BCUT2D eigenvalue weighted by atomic mass is 10.1. The van der Waals surface area contributed by atoms with Gasteiger partial charge >= 0.3 is 5.97 Å². The molecule has 0 aliphatic rings. The summed E-state index contributed by atoms with van der Waals surface area (Å²) in [5.41, 5.74) is 2.41. The van der Waals surface area contributed by atoms with Crippen LogP contribution in [0.2, 0.25) is 0 Å². The third-order valence-corrected chi connectivity index (χ3v) is 3.11. The van der Waals surface area contributed by atoms with E-state index >= 15 is 0 Å². The molecule has 21 heavy (non-hydrogen) atoms. The van der Waals surface area contributed by atoms with Crippen LogP contribution in [0.5, 0.6) is 5.75 Å². The van der Waals surface area contributed by atoms with Crippen molar-refractivity contribution in [3.05, 3.63) is 89.9 Å². The smallest absolute Gasteiger partial charge is 0.379 e. The number of carbonyl (C=O) groups is 1. The maximum absolute atomic E-state index is 11.7. The molecule has 0 saturated carbocycles. The molecule has 1 heterocycles. The van der Waals surface area contributed by atoms with Gasteiger partial charge in [0.2, 0.25) is 5.76 Å². The Morgan fingerprint density at radius 3 is 2.24 bits per heavy atom. The highest BCUT2D eigenvalue weighted by Crippen LogP contribution is 2.16. The van der Waals surface area contributed by atoms with Crippen molar-refractivity contribution >= 4 is 5.97 Å². The number of hydrogen-bond acceptors (Lipinski definition) is 3. The first-order chi connectivity index (χ1) is 10.3. The van der Waals surface area contributed by atoms with E-state index in [1.807, 2.05) is 30.3 Å². The molecule has 3 nitrogen and oxygen atoms in total. The first kappa shape index (κ1) is 13.2. The fourth-order valence-corrected chi connectivity index (χ4v) is 2.06. The first-order valence-electron chi connectivity index (χ1n) is 6.70. The summed E-state index contributed by atoms with van der Waals surface area (Å²) in [6, 6.07) is 20.9. The molecule has 3 rings (SSSR count). The van der Waals surface area contributed by atoms with Crippen molar-refractivity contribution in [2.45, 2.75) is 6.42 Å². The Morgan fingerprint density at radius 2 is 1.57 bits per heavy atom. The third kappa shape index (κ3) is 3.39. The van der Waals surface area contributed by atoms with Crippen LogP contribution in [0, 0.1) is 0 Å². The minimum absolute atomic E-state index is 0.198. The van der Waals surface area contributed by atoms with Crippen molar-refractivity contribution in [2.75, 3.05) is 0 Å². The zero-order chi connectivity index (χ0) is 14.5. The molecular weight excluding hydrogens is 264 g/mol. The summed E-state index contributed by atoms with van der Waals surface area (Å²) in [5, 5.41) is 0. The topological polar surface area (TPSA) is 39.4 Å². The van der Waals surface area contributed by atoms with E-state index in [4.69, 9.17) is 9.15 Å². The molecule has 104 valence electrons. The summed E-state index contributed by atoms with van der Waals surface area (Å²) in [4.78, 5) is 11.7. The normalized spacial score (nSPS) is 10.3. The van der Waals surface area contributed by atoms with E-state index in [1.165, 1.54) is 17.4 Å². The Balaban J connectivity index is 1.65. The molecule has 1 aromatic heterocycles. The van der Waals surface area contributed by atoms with Gasteiger partial charge in [-0.25, -0.2) is 4.79 Å². The Kier molecular flexibility index (Phi) is 3.83. The van der Waals surface area contributed by atoms with Crippen molar-refractivity contribution in [1.29, 1.82) is 0 Å². The zero-order valence-electron chi connectivity index (χ0n) is 11.4. The summed E-state index contributed by atoms with van der Waals surface area (Å²) in [6.07, 6.45) is 2.30. The van der Waals surface area contributed by atoms with Gasteiger partial charge in [-0.3, -0.25) is 0 Å². The molecule has 0 atom stereocenters. The summed E-state index contributed by atoms with van der Waals surface area (Å²) in [7, 11) is 0. The molecule has 3 heteroatoms. The Bertz CT molecular complexity index is 698. The van der Waals surface area contributed by atoms with E-state index in [-0.39, 0.29) is 5.76 Å². The average Bonchev–Trinajstić information content (AvgIpc) is 3.05. The molecular formula is C18H14O3. The monoisotopic (exact) mass is 278 g/mol. The van der Waals surface area contributed by atoms with Crippen LogP contribution in [0.25, 0.3) is 0 Å². The van der Waals surface area contributed by atoms with Crippen LogP contribution in [0.1, 0.15) is 21.7 Å². The van der Waals surface area contributed by atoms with Crippen LogP contribution in [0.3, 0.4) is 0 Å². The second-order valence-electron chi connectivity index (χ2n) is 4.67. The number of furan rings is 1. The van der Waals surface area contributed by atoms with Crippen molar-refractivity contribution in [3.63, 3.8) is 0 Å². The molecule has 0 aliphatic carbocycles. The van der Waals surface area contributed by atoms with E-state index in [0.29, 0.717) is 5.75 Å². The highest BCUT2D eigenvalue weighted by Gasteiger charge is 2.10. The number of benzene rings is 2. The second kappa shape index (κ2) is 6.09. The zero-order valence-corrected chi connectivity index (χ0v) is 11.4. The molecule has 0 amide bonds. The van der Waals surface area contributed by atoms with Crippen LogP contribution in [0.4, 0.5) is 0 Å². The van der Waals surface area contributed by atoms with Gasteiger partial charge in [-0.05, 0) is 41.8 Å². The van der Waals surface area contributed by atoms with Crippen LogP contribution >= 0.6 is 0 Å². The molecule has 0 aliphatic heterocycles. The Morgan fingerprint density at radius 1 is 0.857 bits per heavy atom. The Hall–Kier alpha value is -2.81. The minimum Gasteiger partial charge on any atom is -0.457 e. The lowest BCUT2D eigenvalue weighted by molar-refractivity contribution is 0.0701. The van der Waals surface area contributed by atoms with Crippen LogP contribution < -0.4 is 4.74 Å². The van der Waals surface area contributed by atoms with Gasteiger partial charge in [0.05, 0.1) is 6.26 Å². The van der Waals surface area contributed by atoms with E-state index in [2.05, 4.69) is 12.1 Å². The summed E-state index contributed by atoms with van der Waals surface area (Å²) < 4.78 is 10.2. The van der Waals surface area contributed by atoms with E-state index < -0.39 is 5.97 Å². The predicted octanol–water partition coefficient (Wildman–Crippen LogP) is 4.09. The first-order valence-corrected chi connectivity index (χ1v) is 6.70. The molecule has 0 N–H and O–H groups in total. The van der Waals surface area contributed by atoms with E-state index in [0.717, 1.165) is 6.42 Å². The molecule has 3 aromatic rings. The number of esters is 1. The number of hydrogen-bond donors (Lipinski definition) is 0. The summed E-state index contributed by atoms with van der Waals surface area (Å²) in [5.74, 6) is 0.215. The lowest BCUT2D eigenvalue weighted by Crippen LogP contribution is -2.07. The molecule has 2 aromatic carbocycles. The maximum Gasteiger partial charge on any atom is 0.379 e. The van der Waals surface area contributed by atoms with Crippen molar-refractivity contribution in [1.82, 2.24) is 0 Å². The fourth-order valence-electron chi connectivity index (χ4n) is 2.06. The van der Waals surface area contributed by atoms with E-state index in [1.54, 1.807) is 24.3 Å². The SMILES string of the molecule is O=C(Oc1ccc(Cc2ccccc2)cc1)c1ccco1. The molecule has 0 fully saturated rings. The number of ether oxygens (including phenoxy) is 1. The van der Waals surface area contributed by atoms with Crippen molar-refractivity contribution < 1.29 is 13.9 Å². The predicted molar refractivity (Wildman–Crippen MR) is 79.4 cm³/mol. The highest BCUT2D eigenvalue weighted by molar-refractivity contribution is 5.88. The highest BCUT2D eigenvalue weighted by atomic mass is 16.5. The van der Waals surface area contributed by atoms with Crippen LogP contribution in [-0.4, -0.2) is 5.97 Å². The number of carbonyl (C=O) groups excluding carboxylic acids is 1. The largest absolute Gasteiger partial charge is 0.457 e. The van der Waals surface area contributed by atoms with Gasteiger partial charge in [-0.1, -0.05) is 42.5 Å². The average molecular weight is 278 g/mol. The fraction of sp³-hybridized carbons (Fsp3) is 0.0556. The summed E-state index contributed by atoms with van der Waals surface area (Å²) in [6.45, 7) is 0. The molecule has 0 radical (unpaired) electrons. The third-order valence-electron chi connectivity index (χ3n) is 3.11. The van der Waals surface area contributed by atoms with Gasteiger partial charge in [0.25, 0.3) is 0 Å². The van der Waals surface area contributed by atoms with Gasteiger partial charge in [0.1, 0.15) is 5.75 Å². The quantitative estimate of drug-likeness (QED) is 0.533. The van der Waals surface area contributed by atoms with Crippen LogP contribution in [-0.2, 0) is 6.42 Å². The van der Waals surface area contributed by atoms with Crippen molar-refractivity contribution in [3.8, 4) is 5.75 Å². The molecule has 0 unspecified atom stereocenters. The molecule has 0 saturated heterocycles. The van der Waals surface area contributed by atoms with Gasteiger partial charge < -0.3 is 9.15 Å². The van der Waals surface area contributed by atoms with Gasteiger partial charge in [0, 0.05) is 0 Å². The standard InChI is InChI=1S/C18H14O3/c19-18(17-7-4-12-20-17)21-16-10-8-15(9-11-16)13-14-5-2-1-3-6-14/h1-12H,13H2. The lowest BCUT2D eigenvalue weighted by Gasteiger charge is -2.05. The maximum atomic E-state index is 11.7. The molecule has 0 spiro atoms. The second-order valence-corrected chi connectivity index (χ2v) is 4.67. The molecule has 0 bridgehead atoms. The van der Waals surface area contributed by atoms with Gasteiger partial charge in [-0.15, -0.1) is 0 Å². The Labute approximate surface area is 122 Å².